The average Bonchev–Trinajstić information content (AvgIpc) is 4.09. The fraction of sp³-hybridized carbons (Fsp3) is 0.426. The Morgan fingerprint density at radius 3 is 2.00 bits per heavy atom. The highest BCUT2D eigenvalue weighted by Gasteiger charge is 2.44. The first-order valence-corrected chi connectivity index (χ1v) is 25.8. The third-order valence-electron chi connectivity index (χ3n) is 12.0. The van der Waals surface area contributed by atoms with E-state index in [1.807, 2.05) is 24.3 Å². The number of hydrogen-bond donors (Lipinski definition) is 11. The number of aromatic amines is 2. The first-order chi connectivity index (χ1) is 34.5. The van der Waals surface area contributed by atoms with Gasteiger partial charge in [-0.2, -0.15) is 0 Å². The largest absolute Gasteiger partial charge is 0.370 e. The third-order valence-corrected chi connectivity index (χ3v) is 14.4. The minimum Gasteiger partial charge on any atom is -0.370 e. The van der Waals surface area contributed by atoms with Gasteiger partial charge in [0.15, 0.2) is 11.7 Å². The van der Waals surface area contributed by atoms with Crippen LogP contribution in [0.2, 0.25) is 0 Å². The summed E-state index contributed by atoms with van der Waals surface area (Å²) in [5, 5.41) is 19.7. The molecule has 4 aromatic rings. The van der Waals surface area contributed by atoms with Gasteiger partial charge in [-0.1, -0.05) is 77.0 Å². The first kappa shape index (κ1) is 53.9. The van der Waals surface area contributed by atoms with Crippen molar-refractivity contribution in [1.82, 2.24) is 57.1 Å². The minimum atomic E-state index is -1.45. The van der Waals surface area contributed by atoms with Crippen LogP contribution in [0.5, 0.6) is 0 Å². The number of aromatic nitrogens is 3. The van der Waals surface area contributed by atoms with Crippen molar-refractivity contribution in [2.75, 3.05) is 18.1 Å². The van der Waals surface area contributed by atoms with Crippen molar-refractivity contribution in [3.8, 4) is 0 Å². The predicted molar refractivity (Wildman–Crippen MR) is 270 cm³/mol. The van der Waals surface area contributed by atoms with Crippen LogP contribution in [-0.4, -0.2) is 145 Å². The normalized spacial score (nSPS) is 24.5. The predicted octanol–water partition coefficient (Wildman–Crippen LogP) is -0.416. The van der Waals surface area contributed by atoms with E-state index in [1.165, 1.54) is 26.4 Å². The Morgan fingerprint density at radius 2 is 1.33 bits per heavy atom. The van der Waals surface area contributed by atoms with Gasteiger partial charge in [-0.15, -0.1) is 0 Å². The van der Waals surface area contributed by atoms with E-state index >= 15 is 0 Å². The Kier molecular flexibility index (Phi) is 19.2. The van der Waals surface area contributed by atoms with Gasteiger partial charge >= 0.3 is 6.03 Å². The number of para-hydroxylation sites is 1. The molecule has 384 valence electrons. The Labute approximate surface area is 422 Å². The number of nitrogens with one attached hydrogen (secondary N) is 9. The van der Waals surface area contributed by atoms with E-state index in [0.29, 0.717) is 16.8 Å². The molecule has 9 amide bonds. The summed E-state index contributed by atoms with van der Waals surface area (Å²) in [7, 11) is 2.12. The molecular formula is C47H60N14O9S2. The molecule has 0 aliphatic carbocycles. The van der Waals surface area contributed by atoms with Gasteiger partial charge in [0.2, 0.25) is 35.4 Å². The molecule has 2 saturated heterocycles. The molecule has 23 nitrogen and oxygen atoms in total. The number of Topliss-reactive ketones (excluding diaryl/α,β-unsaturated/α-hetero) is 1. The number of fused-ring (bicyclic) bond motifs is 1. The molecule has 13 N–H and O–H groups in total. The van der Waals surface area contributed by atoms with Crippen molar-refractivity contribution >= 4 is 91.6 Å². The van der Waals surface area contributed by atoms with Gasteiger partial charge in [0.25, 0.3) is 5.91 Å². The van der Waals surface area contributed by atoms with E-state index < -0.39 is 101 Å². The highest BCUT2D eigenvalue weighted by molar-refractivity contribution is 8.76. The Morgan fingerprint density at radius 1 is 0.708 bits per heavy atom. The first-order valence-electron chi connectivity index (χ1n) is 23.3. The summed E-state index contributed by atoms with van der Waals surface area (Å²) in [6.07, 6.45) is 4.66. The monoisotopic (exact) mass is 1030 g/mol. The molecule has 4 heterocycles. The van der Waals surface area contributed by atoms with Crippen molar-refractivity contribution in [2.24, 2.45) is 16.5 Å². The number of nitrogens with zero attached hydrogens (tertiary/aromatic N) is 3. The summed E-state index contributed by atoms with van der Waals surface area (Å²) in [4.78, 5) is 141. The maximum absolute atomic E-state index is 14.6. The third kappa shape index (κ3) is 14.6. The molecule has 2 fully saturated rings. The van der Waals surface area contributed by atoms with Crippen LogP contribution in [0, 0.1) is 0 Å². The second-order valence-corrected chi connectivity index (χ2v) is 19.9. The zero-order valence-corrected chi connectivity index (χ0v) is 41.5. The van der Waals surface area contributed by atoms with Crippen LogP contribution < -0.4 is 48.7 Å². The molecule has 0 saturated carbocycles. The fourth-order valence-electron chi connectivity index (χ4n) is 8.02. The molecule has 0 spiro atoms. The molecule has 6 rings (SSSR count). The molecule has 2 aliphatic rings. The van der Waals surface area contributed by atoms with E-state index in [0.717, 1.165) is 37.4 Å². The van der Waals surface area contributed by atoms with Crippen LogP contribution in [0.3, 0.4) is 0 Å². The number of nitrogens with two attached hydrogens (primary N) is 2. The molecule has 0 unspecified atom stereocenters. The number of imide groups is 1. The molecule has 25 heteroatoms. The number of urea groups is 1. The summed E-state index contributed by atoms with van der Waals surface area (Å²) in [6, 6.07) is 5.11. The van der Waals surface area contributed by atoms with Crippen LogP contribution >= 0.6 is 21.6 Å². The molecule has 8 atom stereocenters. The second-order valence-electron chi connectivity index (χ2n) is 17.3. The summed E-state index contributed by atoms with van der Waals surface area (Å²) in [5.74, 6) is -6.31. The molecule has 2 aromatic carbocycles. The van der Waals surface area contributed by atoms with Gasteiger partial charge < -0.3 is 58.7 Å². The van der Waals surface area contributed by atoms with Gasteiger partial charge in [0.05, 0.1) is 12.4 Å². The quantitative estimate of drug-likeness (QED) is 0.0267. The number of imidazole rings is 1. The number of benzene rings is 2. The van der Waals surface area contributed by atoms with Gasteiger partial charge in [-0.25, -0.2) is 14.7 Å². The van der Waals surface area contributed by atoms with Crippen LogP contribution in [0.15, 0.2) is 78.3 Å². The van der Waals surface area contributed by atoms with Gasteiger partial charge in [-0.3, -0.25) is 43.3 Å². The molecule has 72 heavy (non-hydrogen) atoms. The number of aliphatic imine (C=N–C) groups is 1. The summed E-state index contributed by atoms with van der Waals surface area (Å²) >= 11 is 0. The lowest BCUT2D eigenvalue weighted by Gasteiger charge is -2.27. The highest BCUT2D eigenvalue weighted by atomic mass is 33.1. The maximum Gasteiger partial charge on any atom is 0.325 e. The van der Waals surface area contributed by atoms with E-state index in [-0.39, 0.29) is 62.5 Å². The van der Waals surface area contributed by atoms with Crippen molar-refractivity contribution in [3.63, 3.8) is 0 Å². The van der Waals surface area contributed by atoms with Gasteiger partial charge in [-0.05, 0) is 50.3 Å². The van der Waals surface area contributed by atoms with Crippen molar-refractivity contribution < 1.29 is 43.2 Å². The van der Waals surface area contributed by atoms with Crippen LogP contribution in [0.4, 0.5) is 4.79 Å². The van der Waals surface area contributed by atoms with E-state index in [4.69, 9.17) is 11.5 Å². The Bertz CT molecular complexity index is 2630. The van der Waals surface area contributed by atoms with Crippen molar-refractivity contribution in [2.45, 2.75) is 108 Å². The Hall–Kier alpha value is -7.41. The summed E-state index contributed by atoms with van der Waals surface area (Å²) in [6.45, 7) is 4.41. The topological polar surface area (TPSA) is 350 Å². The van der Waals surface area contributed by atoms with Crippen LogP contribution in [0.25, 0.3) is 10.9 Å². The van der Waals surface area contributed by atoms with Crippen molar-refractivity contribution in [3.05, 3.63) is 90.1 Å². The molecule has 2 aromatic heterocycles. The smallest absolute Gasteiger partial charge is 0.325 e. The number of carbonyl (C=O) groups is 9. The number of carbonyl (C=O) groups excluding carboxylic acids is 9. The van der Waals surface area contributed by atoms with E-state index in [2.05, 4.69) is 57.2 Å². The van der Waals surface area contributed by atoms with E-state index in [1.54, 1.807) is 43.5 Å². The van der Waals surface area contributed by atoms with Crippen molar-refractivity contribution in [1.29, 1.82) is 0 Å². The van der Waals surface area contributed by atoms with Gasteiger partial charge in [0, 0.05) is 66.3 Å². The zero-order chi connectivity index (χ0) is 51.9. The minimum absolute atomic E-state index is 0.0292. The lowest BCUT2D eigenvalue weighted by molar-refractivity contribution is -0.137. The SMILES string of the molecule is CC[C@@H]1NC(=O)N([C@H]2CSSC[C@@H](C(C)=O)NC(=O)[C@H](Cc3c[nH]c4ccccc34)NC(=O)[C@H](CCCN=C(N)N)NC(=O)[C@@H](Cc3ccccc3)NC(=O)[C@H](Cc3cnc[nH]3)NC(=O)[C@@H](C)NC2=O)C1=O. The average molecular weight is 1030 g/mol. The summed E-state index contributed by atoms with van der Waals surface area (Å²) < 4.78 is 0. The number of ketones is 1. The number of amides is 9. The molecular weight excluding hydrogens is 969 g/mol. The van der Waals surface area contributed by atoms with Gasteiger partial charge in [0.1, 0.15) is 42.3 Å². The van der Waals surface area contributed by atoms with Crippen LogP contribution in [-0.2, 0) is 57.6 Å². The van der Waals surface area contributed by atoms with E-state index in [9.17, 15) is 43.2 Å². The molecule has 0 bridgehead atoms. The zero-order valence-electron chi connectivity index (χ0n) is 39.9. The number of hydrogen-bond acceptors (Lipinski definition) is 13. The second kappa shape index (κ2) is 25.6. The lowest BCUT2D eigenvalue weighted by Crippen LogP contribution is -2.60. The number of rotatable bonds is 13. The highest BCUT2D eigenvalue weighted by Crippen LogP contribution is 2.27. The lowest BCUT2D eigenvalue weighted by atomic mass is 10.0. The standard InChI is InChI=1S/C47H60N14O9S2/c1-4-31-45(69)61(47(70)60-31)38-23-72-71-22-37(26(3)62)59-42(66)35(18-28-20-52-32-14-9-8-13-30(28)32)58-40(64)33(15-10-16-51-46(48)49)55-41(65)34(17-27-11-6-5-7-12-27)57-43(67)36(19-29-21-50-24-53-29)56-39(63)25(2)54-44(38)68/h5-9,11-14,20-21,24-25,31,33-38,52H,4,10,15-19,22-23H2,1-3H3,(H,50,53)(H,54,68)(H,55,65)(H,56,63)(H,57,67)(H,58,64)(H,59,66)(H,60,70)(H4,48,49,51)/t25-,31+,33+,34-,35+,36+,37+,38+/m1/s1. The summed E-state index contributed by atoms with van der Waals surface area (Å²) in [5.41, 5.74) is 13.7. The number of H-pyrrole nitrogens is 2. The number of guanidine groups is 1. The molecule has 0 radical (unpaired) electrons. The van der Waals surface area contributed by atoms with Crippen LogP contribution in [0.1, 0.15) is 56.9 Å². The maximum atomic E-state index is 14.6. The Balaban J connectivity index is 1.39. The molecule has 2 aliphatic heterocycles. The fourth-order valence-corrected chi connectivity index (χ4v) is 10.5.